The van der Waals surface area contributed by atoms with E-state index < -0.39 is 0 Å². The molecule has 3 rings (SSSR count). The maximum absolute atomic E-state index is 11.8. The van der Waals surface area contributed by atoms with E-state index in [0.717, 1.165) is 36.8 Å². The minimum atomic E-state index is -0.365. The van der Waals surface area contributed by atoms with Crippen molar-refractivity contribution in [3.63, 3.8) is 0 Å². The molecule has 1 unspecified atom stereocenters. The average molecular weight is 339 g/mol. The van der Waals surface area contributed by atoms with Gasteiger partial charge in [-0.3, -0.25) is 0 Å². The van der Waals surface area contributed by atoms with Gasteiger partial charge in [-0.25, -0.2) is 9.48 Å². The number of rotatable bonds is 2. The monoisotopic (exact) mass is 338 g/mol. The second kappa shape index (κ2) is 5.54. The van der Waals surface area contributed by atoms with Gasteiger partial charge in [0.25, 0.3) is 0 Å². The van der Waals surface area contributed by atoms with Crippen molar-refractivity contribution in [2.75, 3.05) is 13.7 Å². The van der Waals surface area contributed by atoms with E-state index in [2.05, 4.69) is 21.0 Å². The van der Waals surface area contributed by atoms with Crippen LogP contribution in [0.5, 0.6) is 0 Å². The van der Waals surface area contributed by atoms with Gasteiger partial charge in [0.15, 0.2) is 6.23 Å². The smallest absolute Gasteiger partial charge is 0.339 e. The molecule has 5 nitrogen and oxygen atoms in total. The zero-order chi connectivity index (χ0) is 14.1. The minimum absolute atomic E-state index is 0.0482. The molecule has 1 aromatic heterocycles. The molecule has 0 aliphatic carbocycles. The summed E-state index contributed by atoms with van der Waals surface area (Å²) in [6.07, 6.45) is 4.91. The number of carbonyl (C=O) groups excluding carboxylic acids is 1. The van der Waals surface area contributed by atoms with E-state index in [4.69, 9.17) is 9.47 Å². The predicted octanol–water partition coefficient (Wildman–Crippen LogP) is 3.28. The Kier molecular flexibility index (Phi) is 3.76. The van der Waals surface area contributed by atoms with Crippen molar-refractivity contribution in [1.29, 1.82) is 0 Å². The van der Waals surface area contributed by atoms with Gasteiger partial charge in [-0.05, 0) is 47.3 Å². The molecule has 106 valence electrons. The molecule has 1 aliphatic heterocycles. The summed E-state index contributed by atoms with van der Waals surface area (Å²) in [5.41, 5.74) is 1.39. The van der Waals surface area contributed by atoms with Crippen molar-refractivity contribution < 1.29 is 14.3 Å². The first kappa shape index (κ1) is 13.6. The van der Waals surface area contributed by atoms with Gasteiger partial charge in [-0.1, -0.05) is 0 Å². The van der Waals surface area contributed by atoms with Crippen LogP contribution in [-0.2, 0) is 9.47 Å². The first-order chi connectivity index (χ1) is 9.70. The van der Waals surface area contributed by atoms with Crippen LogP contribution in [0.3, 0.4) is 0 Å². The Hall–Kier alpha value is -1.40. The molecule has 2 heterocycles. The van der Waals surface area contributed by atoms with Crippen LogP contribution in [0, 0.1) is 0 Å². The molecule has 0 N–H and O–H groups in total. The third-order valence-electron chi connectivity index (χ3n) is 3.52. The number of fused-ring (bicyclic) bond motifs is 1. The Morgan fingerprint density at radius 1 is 1.50 bits per heavy atom. The number of halogens is 1. The van der Waals surface area contributed by atoms with E-state index in [1.54, 1.807) is 12.3 Å². The molecule has 0 bridgehead atoms. The highest BCUT2D eigenvalue weighted by atomic mass is 79.9. The summed E-state index contributed by atoms with van der Waals surface area (Å²) in [6.45, 7) is 0.756. The van der Waals surface area contributed by atoms with Crippen LogP contribution >= 0.6 is 15.9 Å². The first-order valence-corrected chi connectivity index (χ1v) is 7.36. The quantitative estimate of drug-likeness (QED) is 0.788. The Balaban J connectivity index is 2.08. The molecular formula is C14H15BrN2O3. The first-order valence-electron chi connectivity index (χ1n) is 6.57. The Morgan fingerprint density at radius 2 is 2.35 bits per heavy atom. The van der Waals surface area contributed by atoms with Crippen LogP contribution in [0.2, 0.25) is 0 Å². The molecular weight excluding hydrogens is 324 g/mol. The molecule has 1 fully saturated rings. The number of nitrogens with zero attached hydrogens (tertiary/aromatic N) is 2. The minimum Gasteiger partial charge on any atom is -0.465 e. The Bertz CT molecular complexity index is 647. The molecule has 0 saturated carbocycles. The van der Waals surface area contributed by atoms with E-state index in [9.17, 15) is 4.79 Å². The van der Waals surface area contributed by atoms with Crippen molar-refractivity contribution in [2.24, 2.45) is 0 Å². The molecule has 6 heteroatoms. The largest absolute Gasteiger partial charge is 0.465 e. The average Bonchev–Trinajstić information content (AvgIpc) is 2.89. The van der Waals surface area contributed by atoms with Crippen LogP contribution in [-0.4, -0.2) is 29.5 Å². The van der Waals surface area contributed by atoms with Gasteiger partial charge in [0.2, 0.25) is 0 Å². The van der Waals surface area contributed by atoms with Gasteiger partial charge in [0.05, 0.1) is 24.4 Å². The lowest BCUT2D eigenvalue weighted by atomic mass is 10.1. The lowest BCUT2D eigenvalue weighted by Gasteiger charge is -2.23. The normalized spacial score (nSPS) is 19.2. The summed E-state index contributed by atoms with van der Waals surface area (Å²) in [4.78, 5) is 11.8. The van der Waals surface area contributed by atoms with Crippen molar-refractivity contribution in [3.05, 3.63) is 28.4 Å². The summed E-state index contributed by atoms with van der Waals surface area (Å²) in [6, 6.07) is 3.68. The van der Waals surface area contributed by atoms with Gasteiger partial charge < -0.3 is 9.47 Å². The molecule has 0 spiro atoms. The third kappa shape index (κ3) is 2.33. The molecule has 1 aromatic carbocycles. The van der Waals surface area contributed by atoms with E-state index in [0.29, 0.717) is 10.0 Å². The molecule has 0 amide bonds. The lowest BCUT2D eigenvalue weighted by molar-refractivity contribution is -0.0366. The number of hydrogen-bond donors (Lipinski definition) is 0. The van der Waals surface area contributed by atoms with Crippen LogP contribution in [0.1, 0.15) is 35.8 Å². The summed E-state index contributed by atoms with van der Waals surface area (Å²) < 4.78 is 13.1. The van der Waals surface area contributed by atoms with Crippen LogP contribution in [0.25, 0.3) is 10.9 Å². The lowest BCUT2D eigenvalue weighted by Crippen LogP contribution is -2.19. The van der Waals surface area contributed by atoms with Gasteiger partial charge >= 0.3 is 5.97 Å². The molecule has 1 atom stereocenters. The summed E-state index contributed by atoms with van der Waals surface area (Å²) in [7, 11) is 1.38. The number of hydrogen-bond acceptors (Lipinski definition) is 4. The van der Waals surface area contributed by atoms with Gasteiger partial charge in [-0.2, -0.15) is 5.10 Å². The molecule has 1 saturated heterocycles. The molecule has 0 radical (unpaired) electrons. The highest BCUT2D eigenvalue weighted by Crippen LogP contribution is 2.29. The maximum atomic E-state index is 11.8. The number of esters is 1. The summed E-state index contributed by atoms with van der Waals surface area (Å²) in [5.74, 6) is -0.365. The Labute approximate surface area is 125 Å². The van der Waals surface area contributed by atoms with Crippen LogP contribution in [0.15, 0.2) is 22.8 Å². The number of aromatic nitrogens is 2. The van der Waals surface area contributed by atoms with Gasteiger partial charge in [-0.15, -0.1) is 0 Å². The van der Waals surface area contributed by atoms with E-state index in [-0.39, 0.29) is 12.2 Å². The Morgan fingerprint density at radius 3 is 3.05 bits per heavy atom. The molecule has 20 heavy (non-hydrogen) atoms. The highest BCUT2D eigenvalue weighted by Gasteiger charge is 2.20. The number of ether oxygens (including phenoxy) is 2. The zero-order valence-corrected chi connectivity index (χ0v) is 12.7. The maximum Gasteiger partial charge on any atom is 0.339 e. The van der Waals surface area contributed by atoms with Crippen LogP contribution < -0.4 is 0 Å². The number of benzene rings is 1. The third-order valence-corrected chi connectivity index (χ3v) is 4.17. The molecule has 2 aromatic rings. The van der Waals surface area contributed by atoms with E-state index >= 15 is 0 Å². The van der Waals surface area contributed by atoms with Gasteiger partial charge in [0.1, 0.15) is 0 Å². The number of carbonyl (C=O) groups is 1. The van der Waals surface area contributed by atoms with E-state index in [1.165, 1.54) is 7.11 Å². The fourth-order valence-electron chi connectivity index (χ4n) is 2.48. The summed E-state index contributed by atoms with van der Waals surface area (Å²) >= 11 is 3.39. The van der Waals surface area contributed by atoms with Crippen molar-refractivity contribution in [1.82, 2.24) is 9.78 Å². The van der Waals surface area contributed by atoms with E-state index in [1.807, 2.05) is 10.7 Å². The SMILES string of the molecule is COC(=O)c1cc2c(cnn2C2CCCCO2)cc1Br. The topological polar surface area (TPSA) is 53.3 Å². The second-order valence-electron chi connectivity index (χ2n) is 4.79. The standard InChI is InChI=1S/C14H15BrN2O3/c1-19-14(18)10-7-12-9(6-11(10)15)8-16-17(12)13-4-2-3-5-20-13/h6-8,13H,2-5H2,1H3. The summed E-state index contributed by atoms with van der Waals surface area (Å²) in [5, 5.41) is 5.38. The van der Waals surface area contributed by atoms with Crippen molar-refractivity contribution in [3.8, 4) is 0 Å². The highest BCUT2D eigenvalue weighted by molar-refractivity contribution is 9.10. The predicted molar refractivity (Wildman–Crippen MR) is 77.6 cm³/mol. The fraction of sp³-hybridized carbons (Fsp3) is 0.429. The van der Waals surface area contributed by atoms with Crippen molar-refractivity contribution in [2.45, 2.75) is 25.5 Å². The fourth-order valence-corrected chi connectivity index (χ4v) is 3.00. The second-order valence-corrected chi connectivity index (χ2v) is 5.65. The molecule has 1 aliphatic rings. The van der Waals surface area contributed by atoms with Crippen molar-refractivity contribution >= 4 is 32.8 Å². The van der Waals surface area contributed by atoms with Crippen LogP contribution in [0.4, 0.5) is 0 Å². The van der Waals surface area contributed by atoms with Gasteiger partial charge in [0, 0.05) is 16.5 Å². The zero-order valence-electron chi connectivity index (χ0n) is 11.1. The number of methoxy groups -OCH3 is 1.